The van der Waals surface area contributed by atoms with Crippen molar-refractivity contribution in [2.75, 3.05) is 0 Å². The quantitative estimate of drug-likeness (QED) is 0.631. The summed E-state index contributed by atoms with van der Waals surface area (Å²) in [5, 5.41) is 0.981. The fourth-order valence-electron chi connectivity index (χ4n) is 1.02. The van der Waals surface area contributed by atoms with Crippen LogP contribution < -0.4 is 0 Å². The second-order valence-corrected chi connectivity index (χ2v) is 4.12. The highest BCUT2D eigenvalue weighted by Crippen LogP contribution is 2.33. The number of rotatable bonds is 2. The van der Waals surface area contributed by atoms with Crippen LogP contribution in [0.4, 0.5) is 0 Å². The van der Waals surface area contributed by atoms with Gasteiger partial charge in [-0.25, -0.2) is 4.98 Å². The van der Waals surface area contributed by atoms with Crippen molar-refractivity contribution >= 4 is 17.1 Å². The van der Waals surface area contributed by atoms with Crippen molar-refractivity contribution in [2.45, 2.75) is 19.8 Å². The maximum Gasteiger partial charge on any atom is 0.177 e. The third kappa shape index (κ3) is 1.33. The van der Waals surface area contributed by atoms with Crippen LogP contribution in [0, 0.1) is 12.8 Å². The summed E-state index contributed by atoms with van der Waals surface area (Å²) in [5.74, 6) is 0.630. The summed E-state index contributed by atoms with van der Waals surface area (Å²) in [6.07, 6.45) is 3.85. The lowest BCUT2D eigenvalue weighted by Gasteiger charge is -1.88. The molecule has 1 aromatic heterocycles. The van der Waals surface area contributed by atoms with Gasteiger partial charge in [0.2, 0.25) is 0 Å². The number of thiazole rings is 1. The molecule has 0 spiro atoms. The zero-order valence-electron chi connectivity index (χ0n) is 6.33. The third-order valence-corrected chi connectivity index (χ3v) is 2.74. The number of hydrogen-bond donors (Lipinski definition) is 0. The monoisotopic (exact) mass is 167 g/mol. The van der Waals surface area contributed by atoms with Gasteiger partial charge >= 0.3 is 0 Å². The SMILES string of the molecule is Cc1ncc(C(=O)C2CC2)s1. The average Bonchev–Trinajstić information content (AvgIpc) is 2.74. The van der Waals surface area contributed by atoms with Crippen LogP contribution in [-0.4, -0.2) is 10.8 Å². The summed E-state index contributed by atoms with van der Waals surface area (Å²) < 4.78 is 0. The lowest BCUT2D eigenvalue weighted by Crippen LogP contribution is -1.96. The highest BCUT2D eigenvalue weighted by molar-refractivity contribution is 7.13. The standard InChI is InChI=1S/C8H9NOS/c1-5-9-4-7(11-5)8(10)6-2-3-6/h4,6H,2-3H2,1H3. The number of aryl methyl sites for hydroxylation is 1. The van der Waals surface area contributed by atoms with Crippen LogP contribution in [-0.2, 0) is 0 Å². The molecule has 0 amide bonds. The molecule has 0 N–H and O–H groups in total. The summed E-state index contributed by atoms with van der Waals surface area (Å²) >= 11 is 1.50. The largest absolute Gasteiger partial charge is 0.293 e. The molecule has 1 aliphatic carbocycles. The van der Waals surface area contributed by atoms with E-state index in [0.29, 0.717) is 11.7 Å². The first-order chi connectivity index (χ1) is 5.27. The molecular formula is C8H9NOS. The Morgan fingerprint density at radius 2 is 2.45 bits per heavy atom. The van der Waals surface area contributed by atoms with Gasteiger partial charge in [0, 0.05) is 12.1 Å². The van der Waals surface area contributed by atoms with E-state index in [9.17, 15) is 4.79 Å². The molecule has 1 heterocycles. The second kappa shape index (κ2) is 2.41. The number of carbonyl (C=O) groups is 1. The molecule has 3 heteroatoms. The molecule has 1 fully saturated rings. The van der Waals surface area contributed by atoms with Gasteiger partial charge in [-0.2, -0.15) is 0 Å². The summed E-state index contributed by atoms with van der Waals surface area (Å²) in [7, 11) is 0. The van der Waals surface area contributed by atoms with E-state index in [1.54, 1.807) is 6.20 Å². The predicted octanol–water partition coefficient (Wildman–Crippen LogP) is 2.04. The van der Waals surface area contributed by atoms with Crippen molar-refractivity contribution in [3.8, 4) is 0 Å². The number of Topliss-reactive ketones (excluding diaryl/α,β-unsaturated/α-hetero) is 1. The number of nitrogens with zero attached hydrogens (tertiary/aromatic N) is 1. The molecule has 1 aromatic rings. The highest BCUT2D eigenvalue weighted by atomic mass is 32.1. The minimum absolute atomic E-state index is 0.301. The first-order valence-corrected chi connectivity index (χ1v) is 4.55. The van der Waals surface area contributed by atoms with E-state index in [1.807, 2.05) is 6.92 Å². The summed E-state index contributed by atoms with van der Waals surface area (Å²) in [4.78, 5) is 16.3. The Hall–Kier alpha value is -0.700. The molecule has 0 bridgehead atoms. The van der Waals surface area contributed by atoms with Gasteiger partial charge in [-0.3, -0.25) is 4.79 Å². The van der Waals surface area contributed by atoms with Crippen molar-refractivity contribution in [1.29, 1.82) is 0 Å². The zero-order valence-corrected chi connectivity index (χ0v) is 7.15. The van der Waals surface area contributed by atoms with Gasteiger partial charge in [-0.15, -0.1) is 11.3 Å². The summed E-state index contributed by atoms with van der Waals surface area (Å²) in [6.45, 7) is 1.92. The number of carbonyl (C=O) groups excluding carboxylic acids is 1. The van der Waals surface area contributed by atoms with E-state index < -0.39 is 0 Å². The van der Waals surface area contributed by atoms with E-state index in [-0.39, 0.29) is 0 Å². The minimum Gasteiger partial charge on any atom is -0.293 e. The Balaban J connectivity index is 2.21. The molecule has 0 aromatic carbocycles. The van der Waals surface area contributed by atoms with E-state index in [0.717, 1.165) is 22.7 Å². The van der Waals surface area contributed by atoms with Crippen molar-refractivity contribution in [2.24, 2.45) is 5.92 Å². The molecule has 0 saturated heterocycles. The van der Waals surface area contributed by atoms with Crippen LogP contribution in [0.1, 0.15) is 27.5 Å². The Morgan fingerprint density at radius 1 is 1.73 bits per heavy atom. The first-order valence-electron chi connectivity index (χ1n) is 3.74. The molecule has 1 aliphatic rings. The molecule has 0 radical (unpaired) electrons. The molecule has 58 valence electrons. The molecule has 0 aliphatic heterocycles. The Morgan fingerprint density at radius 3 is 2.91 bits per heavy atom. The lowest BCUT2D eigenvalue weighted by molar-refractivity contribution is 0.0971. The van der Waals surface area contributed by atoms with Gasteiger partial charge in [0.05, 0.1) is 9.88 Å². The van der Waals surface area contributed by atoms with Crippen molar-refractivity contribution in [1.82, 2.24) is 4.98 Å². The van der Waals surface area contributed by atoms with Gasteiger partial charge in [0.15, 0.2) is 5.78 Å². The summed E-state index contributed by atoms with van der Waals surface area (Å²) in [5.41, 5.74) is 0. The van der Waals surface area contributed by atoms with Gasteiger partial charge in [-0.05, 0) is 19.8 Å². The van der Waals surface area contributed by atoms with Crippen molar-refractivity contribution < 1.29 is 4.79 Å². The maximum atomic E-state index is 11.4. The average molecular weight is 167 g/mol. The number of ketones is 1. The fraction of sp³-hybridized carbons (Fsp3) is 0.500. The third-order valence-electron chi connectivity index (χ3n) is 1.81. The molecular weight excluding hydrogens is 158 g/mol. The van der Waals surface area contributed by atoms with Crippen molar-refractivity contribution in [3.63, 3.8) is 0 Å². The minimum atomic E-state index is 0.301. The molecule has 1 saturated carbocycles. The van der Waals surface area contributed by atoms with Gasteiger partial charge in [0.1, 0.15) is 0 Å². The van der Waals surface area contributed by atoms with Crippen LogP contribution in [0.15, 0.2) is 6.20 Å². The second-order valence-electron chi connectivity index (χ2n) is 2.88. The van der Waals surface area contributed by atoms with Crippen LogP contribution >= 0.6 is 11.3 Å². The van der Waals surface area contributed by atoms with E-state index in [1.165, 1.54) is 11.3 Å². The zero-order chi connectivity index (χ0) is 7.84. The predicted molar refractivity (Wildman–Crippen MR) is 43.9 cm³/mol. The van der Waals surface area contributed by atoms with E-state index in [2.05, 4.69) is 4.98 Å². The Kier molecular flexibility index (Phi) is 1.53. The number of hydrogen-bond acceptors (Lipinski definition) is 3. The first kappa shape index (κ1) is 6.98. The van der Waals surface area contributed by atoms with Gasteiger partial charge in [-0.1, -0.05) is 0 Å². The molecule has 0 atom stereocenters. The molecule has 2 nitrogen and oxygen atoms in total. The van der Waals surface area contributed by atoms with Crippen LogP contribution in [0.2, 0.25) is 0 Å². The van der Waals surface area contributed by atoms with Crippen LogP contribution in [0.3, 0.4) is 0 Å². The van der Waals surface area contributed by atoms with E-state index in [4.69, 9.17) is 0 Å². The normalized spacial score (nSPS) is 16.8. The van der Waals surface area contributed by atoms with Gasteiger partial charge in [0.25, 0.3) is 0 Å². The molecule has 0 unspecified atom stereocenters. The lowest BCUT2D eigenvalue weighted by atomic mass is 10.2. The van der Waals surface area contributed by atoms with Crippen molar-refractivity contribution in [3.05, 3.63) is 16.1 Å². The van der Waals surface area contributed by atoms with E-state index >= 15 is 0 Å². The Labute approximate surface area is 69.3 Å². The topological polar surface area (TPSA) is 30.0 Å². The Bertz CT molecular complexity index is 288. The smallest absolute Gasteiger partial charge is 0.177 e. The van der Waals surface area contributed by atoms with Gasteiger partial charge < -0.3 is 0 Å². The molecule has 11 heavy (non-hydrogen) atoms. The number of aromatic nitrogens is 1. The summed E-state index contributed by atoms with van der Waals surface area (Å²) in [6, 6.07) is 0. The highest BCUT2D eigenvalue weighted by Gasteiger charge is 2.31. The van der Waals surface area contributed by atoms with Crippen LogP contribution in [0.25, 0.3) is 0 Å². The maximum absolute atomic E-state index is 11.4. The molecule has 2 rings (SSSR count). The van der Waals surface area contributed by atoms with Crippen LogP contribution in [0.5, 0.6) is 0 Å². The fourth-order valence-corrected chi connectivity index (χ4v) is 1.82.